The van der Waals surface area contributed by atoms with Crippen molar-refractivity contribution in [1.29, 1.82) is 0 Å². The molecule has 13 aromatic rings. The van der Waals surface area contributed by atoms with Gasteiger partial charge in [-0.3, -0.25) is 9.59 Å². The Bertz CT molecular complexity index is 4460. The molecular formula is C68H50F2N2O2. The van der Waals surface area contributed by atoms with Crippen LogP contribution in [0.15, 0.2) is 109 Å². The Morgan fingerprint density at radius 2 is 0.716 bits per heavy atom. The Labute approximate surface area is 424 Å². The maximum Gasteiger partial charge on any atom is 0.166 e. The van der Waals surface area contributed by atoms with E-state index < -0.39 is 11.6 Å². The van der Waals surface area contributed by atoms with Crippen LogP contribution < -0.4 is 0 Å². The Hall–Kier alpha value is -7.70. The second-order valence-corrected chi connectivity index (χ2v) is 23.1. The molecule has 0 aliphatic heterocycles. The monoisotopic (exact) mass is 964 g/mol. The van der Waals surface area contributed by atoms with Crippen LogP contribution in [0.5, 0.6) is 0 Å². The minimum Gasteiger partial charge on any atom is -0.305 e. The zero-order valence-corrected chi connectivity index (χ0v) is 41.8. The first-order valence-electron chi connectivity index (χ1n) is 27.0. The number of ketones is 2. The maximum absolute atomic E-state index is 20.1. The van der Waals surface area contributed by atoms with Gasteiger partial charge >= 0.3 is 0 Å². The van der Waals surface area contributed by atoms with Crippen molar-refractivity contribution in [2.24, 2.45) is 11.8 Å². The molecule has 4 aromatic heterocycles. The lowest BCUT2D eigenvalue weighted by atomic mass is 9.82. The number of benzene rings is 9. The fourth-order valence-electron chi connectivity index (χ4n) is 16.4. The molecule has 358 valence electrons. The number of fused-ring (bicyclic) bond motifs is 20. The van der Waals surface area contributed by atoms with E-state index in [1.165, 1.54) is 0 Å². The predicted octanol–water partition coefficient (Wildman–Crippen LogP) is 18.1. The van der Waals surface area contributed by atoms with Crippen molar-refractivity contribution in [2.45, 2.75) is 90.9 Å². The Morgan fingerprint density at radius 1 is 0.365 bits per heavy atom. The number of hydrogen-bond acceptors (Lipinski definition) is 2. The largest absolute Gasteiger partial charge is 0.305 e. The summed E-state index contributed by atoms with van der Waals surface area (Å²) in [6.45, 7) is 8.47. The average molecular weight is 965 g/mol. The van der Waals surface area contributed by atoms with Crippen LogP contribution in [0.25, 0.3) is 120 Å². The lowest BCUT2D eigenvalue weighted by Gasteiger charge is -2.22. The number of halogens is 2. The highest BCUT2D eigenvalue weighted by atomic mass is 19.1. The van der Waals surface area contributed by atoms with Gasteiger partial charge in [0, 0.05) is 77.2 Å². The number of rotatable bonds is 2. The molecule has 6 heteroatoms. The molecule has 0 saturated heterocycles. The molecule has 19 rings (SSSR count). The van der Waals surface area contributed by atoms with Gasteiger partial charge in [0.2, 0.25) is 0 Å². The van der Waals surface area contributed by atoms with Gasteiger partial charge in [0.05, 0.1) is 33.1 Å². The zero-order chi connectivity index (χ0) is 49.5. The number of hydrogen-bond donors (Lipinski definition) is 0. The van der Waals surface area contributed by atoms with Crippen molar-refractivity contribution in [3.8, 4) is 22.3 Å². The molecule has 74 heavy (non-hydrogen) atoms. The standard InChI is InChI=1S/C68H50F2N2O2/c1-31-11-9-12-32(2)51(31)55-41-17-7-5-15-39(41)53-47-27-43-35-19-23-37(24-20-35)67(73)45(43)29-49(47)71-63(53)57(55)59-61(69)66-60(62(70)65(59)71)58-56(52-33(3)13-10-14-34(52)4)42-18-8-6-16-40(42)54-48-28-44-36-21-25-38(26-22-36)68(74)46(44)30-50(48)72(66)64(54)58/h5-18,27-30,35-38H,19-26H2,1-4H3. The molecule has 6 aliphatic rings. The van der Waals surface area contributed by atoms with Crippen molar-refractivity contribution >= 4 is 109 Å². The summed E-state index contributed by atoms with van der Waals surface area (Å²) in [4.78, 5) is 29.3. The second kappa shape index (κ2) is 14.1. The summed E-state index contributed by atoms with van der Waals surface area (Å²) in [7, 11) is 0. The molecule has 0 radical (unpaired) electrons. The van der Waals surface area contributed by atoms with E-state index in [0.717, 1.165) is 183 Å². The highest BCUT2D eigenvalue weighted by molar-refractivity contribution is 6.41. The minimum absolute atomic E-state index is 0.0339. The molecule has 4 nitrogen and oxygen atoms in total. The van der Waals surface area contributed by atoms with Crippen LogP contribution in [-0.2, 0) is 0 Å². The van der Waals surface area contributed by atoms with Crippen LogP contribution in [0.1, 0.15) is 117 Å². The summed E-state index contributed by atoms with van der Waals surface area (Å²) >= 11 is 0. The Kier molecular flexibility index (Phi) is 7.96. The lowest BCUT2D eigenvalue weighted by molar-refractivity contribution is 0.0891. The van der Waals surface area contributed by atoms with Gasteiger partial charge in [0.15, 0.2) is 23.2 Å². The van der Waals surface area contributed by atoms with Gasteiger partial charge in [-0.2, -0.15) is 0 Å². The van der Waals surface area contributed by atoms with Crippen molar-refractivity contribution < 1.29 is 18.4 Å². The second-order valence-electron chi connectivity index (χ2n) is 23.1. The predicted molar refractivity (Wildman–Crippen MR) is 299 cm³/mol. The number of carbonyl (C=O) groups is 2. The van der Waals surface area contributed by atoms with Gasteiger partial charge < -0.3 is 8.80 Å². The van der Waals surface area contributed by atoms with Crippen LogP contribution in [0, 0.1) is 51.2 Å². The van der Waals surface area contributed by atoms with Crippen molar-refractivity contribution in [3.63, 3.8) is 0 Å². The Morgan fingerprint density at radius 3 is 1.09 bits per heavy atom. The third kappa shape index (κ3) is 4.86. The third-order valence-electron chi connectivity index (χ3n) is 19.5. The summed E-state index contributed by atoms with van der Waals surface area (Å²) in [5.74, 6) is -0.164. The van der Waals surface area contributed by atoms with E-state index >= 15 is 8.78 Å². The third-order valence-corrected chi connectivity index (χ3v) is 19.5. The summed E-state index contributed by atoms with van der Waals surface area (Å²) in [6, 6.07) is 38.2. The molecule has 0 atom stereocenters. The molecule has 0 spiro atoms. The van der Waals surface area contributed by atoms with Crippen LogP contribution in [0.3, 0.4) is 0 Å². The van der Waals surface area contributed by atoms with Crippen molar-refractivity contribution in [1.82, 2.24) is 8.80 Å². The fourth-order valence-corrected chi connectivity index (χ4v) is 16.4. The first kappa shape index (κ1) is 41.7. The number of carbonyl (C=O) groups excluding carboxylic acids is 2. The van der Waals surface area contributed by atoms with E-state index in [0.29, 0.717) is 10.8 Å². The highest BCUT2D eigenvalue weighted by Gasteiger charge is 2.40. The fraction of sp³-hybridized carbons (Fsp3) is 0.235. The molecule has 0 N–H and O–H groups in total. The van der Waals surface area contributed by atoms with E-state index in [9.17, 15) is 9.59 Å². The Balaban J connectivity index is 1.18. The summed E-state index contributed by atoms with van der Waals surface area (Å²) in [5, 5.41) is 9.65. The molecular weight excluding hydrogens is 915 g/mol. The van der Waals surface area contributed by atoms with E-state index in [2.05, 4.69) is 137 Å². The van der Waals surface area contributed by atoms with Crippen LogP contribution in [0.2, 0.25) is 0 Å². The minimum atomic E-state index is -0.492. The van der Waals surface area contributed by atoms with Gasteiger partial charge in [0.25, 0.3) is 0 Å². The topological polar surface area (TPSA) is 43.0 Å². The summed E-state index contributed by atoms with van der Waals surface area (Å²) < 4.78 is 44.2. The molecule has 2 fully saturated rings. The van der Waals surface area contributed by atoms with E-state index in [4.69, 9.17) is 0 Å². The number of aromatic nitrogens is 2. The SMILES string of the molecule is Cc1cccc(C)c1-c1c2ccccc2c2c3cc4c(cc3n3c5c(F)c6c7c(-c8c(C)cccc8C)c8ccccc8c8c9cc%10c(cc9n(c6c(F)c5c1c23)c78)C(=O)C1CCC%10CC1)C(=O)C1CCC4CC1. The van der Waals surface area contributed by atoms with Gasteiger partial charge in [-0.25, -0.2) is 8.78 Å². The van der Waals surface area contributed by atoms with Gasteiger partial charge in [-0.15, -0.1) is 0 Å². The van der Waals surface area contributed by atoms with E-state index in [1.807, 2.05) is 8.80 Å². The molecule has 9 aromatic carbocycles. The van der Waals surface area contributed by atoms with Crippen LogP contribution in [-0.4, -0.2) is 20.4 Å². The highest BCUT2D eigenvalue weighted by Crippen LogP contribution is 2.57. The van der Waals surface area contributed by atoms with Crippen molar-refractivity contribution in [2.75, 3.05) is 0 Å². The van der Waals surface area contributed by atoms with Crippen LogP contribution in [0.4, 0.5) is 8.78 Å². The number of nitrogens with zero attached hydrogens (tertiary/aromatic N) is 2. The number of Topliss-reactive ketones (excluding diaryl/α,β-unsaturated/α-hetero) is 2. The lowest BCUT2D eigenvalue weighted by Crippen LogP contribution is -2.15. The van der Waals surface area contributed by atoms with E-state index in [-0.39, 0.29) is 57.0 Å². The molecule has 4 heterocycles. The molecule has 0 unspecified atom stereocenters. The van der Waals surface area contributed by atoms with Gasteiger partial charge in [-0.1, -0.05) is 84.9 Å². The van der Waals surface area contributed by atoms with Gasteiger partial charge in [-0.05, 0) is 181 Å². The smallest absolute Gasteiger partial charge is 0.166 e. The van der Waals surface area contributed by atoms with E-state index in [1.54, 1.807) is 0 Å². The molecule has 6 aliphatic carbocycles. The summed E-state index contributed by atoms with van der Waals surface area (Å²) in [6.07, 6.45) is 7.40. The molecule has 0 amide bonds. The maximum atomic E-state index is 20.1. The normalized spacial score (nSPS) is 19.9. The average Bonchev–Trinajstić information content (AvgIpc) is 4.28. The van der Waals surface area contributed by atoms with Crippen molar-refractivity contribution in [3.05, 3.63) is 165 Å². The molecule has 4 bridgehead atoms. The van der Waals surface area contributed by atoms with Crippen LogP contribution >= 0.6 is 0 Å². The first-order chi connectivity index (χ1) is 36.1. The zero-order valence-electron chi connectivity index (χ0n) is 41.8. The van der Waals surface area contributed by atoms with Gasteiger partial charge in [0.1, 0.15) is 0 Å². The quantitative estimate of drug-likeness (QED) is 0.173. The first-order valence-corrected chi connectivity index (χ1v) is 27.0. The molecule has 2 saturated carbocycles. The number of aryl methyl sites for hydroxylation is 4. The summed E-state index contributed by atoms with van der Waals surface area (Å²) in [5.41, 5.74) is 15.0.